The zero-order valence-corrected chi connectivity index (χ0v) is 14.2. The summed E-state index contributed by atoms with van der Waals surface area (Å²) < 4.78 is 5.27. The summed E-state index contributed by atoms with van der Waals surface area (Å²) in [5, 5.41) is 8.99. The lowest BCUT2D eigenvalue weighted by atomic mass is 9.78. The van der Waals surface area contributed by atoms with Gasteiger partial charge in [-0.05, 0) is 24.3 Å². The third kappa shape index (κ3) is 3.01. The number of carbonyl (C=O) groups is 2. The highest BCUT2D eigenvalue weighted by molar-refractivity contribution is 5.92. The van der Waals surface area contributed by atoms with Gasteiger partial charge in [-0.1, -0.05) is 18.2 Å². The number of anilines is 1. The number of para-hydroxylation sites is 1. The average Bonchev–Trinajstić information content (AvgIpc) is 2.58. The van der Waals surface area contributed by atoms with Gasteiger partial charge in [-0.25, -0.2) is 9.59 Å². The molecule has 2 aliphatic heterocycles. The second kappa shape index (κ2) is 6.42. The molecule has 0 saturated carbocycles. The fourth-order valence-corrected chi connectivity index (χ4v) is 3.33. The molecule has 1 aromatic heterocycles. The molecule has 1 spiro atoms. The molecule has 0 atom stereocenters. The second-order valence-electron chi connectivity index (χ2n) is 6.90. The van der Waals surface area contributed by atoms with E-state index < -0.39 is 5.97 Å². The molecule has 2 amide bonds. The first-order valence-corrected chi connectivity index (χ1v) is 8.44. The molecular weight excluding hydrogens is 334 g/mol. The number of carbonyl (C=O) groups excluding carboxylic acids is 1. The van der Waals surface area contributed by atoms with Gasteiger partial charge in [0.2, 0.25) is 0 Å². The number of rotatable bonds is 4. The van der Waals surface area contributed by atoms with E-state index in [1.54, 1.807) is 11.0 Å². The van der Waals surface area contributed by atoms with Crippen LogP contribution in [0.25, 0.3) is 0 Å². The highest BCUT2D eigenvalue weighted by atomic mass is 16.5. The molecule has 26 heavy (non-hydrogen) atoms. The maximum absolute atomic E-state index is 13.0. The Kier molecular flexibility index (Phi) is 4.08. The van der Waals surface area contributed by atoms with Crippen LogP contribution in [0.15, 0.2) is 48.7 Å². The minimum Gasteiger partial charge on any atom is -0.478 e. The predicted octanol–water partition coefficient (Wildman–Crippen LogP) is 2.24. The molecule has 134 valence electrons. The SMILES string of the molecule is O=C(O)c1ccc(CN(C(=O)N2CC3(COC3)C2)c2ccccc2)nc1. The van der Waals surface area contributed by atoms with Crippen LogP contribution in [0.3, 0.4) is 0 Å². The molecule has 0 aliphatic carbocycles. The monoisotopic (exact) mass is 353 g/mol. The summed E-state index contributed by atoms with van der Waals surface area (Å²) in [6.07, 6.45) is 1.32. The van der Waals surface area contributed by atoms with E-state index in [1.807, 2.05) is 35.2 Å². The summed E-state index contributed by atoms with van der Waals surface area (Å²) in [6, 6.07) is 12.5. The van der Waals surface area contributed by atoms with Crippen molar-refractivity contribution in [3.05, 3.63) is 59.9 Å². The van der Waals surface area contributed by atoms with Crippen molar-refractivity contribution in [2.24, 2.45) is 5.41 Å². The van der Waals surface area contributed by atoms with Gasteiger partial charge in [0.15, 0.2) is 0 Å². The molecule has 1 N–H and O–H groups in total. The molecule has 7 heteroatoms. The van der Waals surface area contributed by atoms with Gasteiger partial charge < -0.3 is 14.7 Å². The molecule has 2 saturated heterocycles. The van der Waals surface area contributed by atoms with E-state index >= 15 is 0 Å². The van der Waals surface area contributed by atoms with Crippen LogP contribution in [0.1, 0.15) is 16.1 Å². The molecule has 4 rings (SSSR count). The Bertz CT molecular complexity index is 810. The van der Waals surface area contributed by atoms with Gasteiger partial charge in [-0.15, -0.1) is 0 Å². The Hall–Kier alpha value is -2.93. The van der Waals surface area contributed by atoms with Crippen LogP contribution in [0.4, 0.5) is 10.5 Å². The number of hydrogen-bond donors (Lipinski definition) is 1. The largest absolute Gasteiger partial charge is 0.478 e. The van der Waals surface area contributed by atoms with Gasteiger partial charge in [0.05, 0.1) is 36.4 Å². The summed E-state index contributed by atoms with van der Waals surface area (Å²) in [6.45, 7) is 3.14. The predicted molar refractivity (Wildman–Crippen MR) is 94.0 cm³/mol. The summed E-state index contributed by atoms with van der Waals surface area (Å²) >= 11 is 0. The van der Waals surface area contributed by atoms with Crippen LogP contribution in [-0.4, -0.2) is 53.3 Å². The standard InChI is InChI=1S/C19H19N3O4/c23-17(24)14-6-7-15(20-8-14)9-22(16-4-2-1-3-5-16)18(25)21-10-19(11-21)12-26-13-19/h1-8H,9-13H2,(H,23,24). The van der Waals surface area contributed by atoms with E-state index in [-0.39, 0.29) is 23.6 Å². The number of benzene rings is 1. The topological polar surface area (TPSA) is 83.0 Å². The number of carboxylic acids is 1. The van der Waals surface area contributed by atoms with Gasteiger partial charge in [0.25, 0.3) is 0 Å². The highest BCUT2D eigenvalue weighted by Gasteiger charge is 2.51. The molecule has 2 fully saturated rings. The van der Waals surface area contributed by atoms with Crippen LogP contribution in [0.2, 0.25) is 0 Å². The average molecular weight is 353 g/mol. The highest BCUT2D eigenvalue weighted by Crippen LogP contribution is 2.38. The summed E-state index contributed by atoms with van der Waals surface area (Å²) in [7, 11) is 0. The number of hydrogen-bond acceptors (Lipinski definition) is 4. The molecule has 2 aliphatic rings. The number of nitrogens with zero attached hydrogens (tertiary/aromatic N) is 3. The minimum absolute atomic E-state index is 0.0714. The van der Waals surface area contributed by atoms with E-state index in [0.29, 0.717) is 18.8 Å². The van der Waals surface area contributed by atoms with Gasteiger partial charge >= 0.3 is 12.0 Å². The Labute approximate surface area is 150 Å². The van der Waals surface area contributed by atoms with Crippen molar-refractivity contribution in [2.75, 3.05) is 31.2 Å². The second-order valence-corrected chi connectivity index (χ2v) is 6.90. The third-order valence-corrected chi connectivity index (χ3v) is 4.83. The fraction of sp³-hybridized carbons (Fsp3) is 0.316. The zero-order chi connectivity index (χ0) is 18.1. The number of carboxylic acid groups (broad SMARTS) is 1. The molecule has 0 unspecified atom stereocenters. The Morgan fingerprint density at radius 3 is 2.42 bits per heavy atom. The maximum atomic E-state index is 13.0. The van der Waals surface area contributed by atoms with E-state index in [4.69, 9.17) is 9.84 Å². The number of aromatic carboxylic acids is 1. The fourth-order valence-electron chi connectivity index (χ4n) is 3.33. The molecule has 2 aromatic rings. The summed E-state index contributed by atoms with van der Waals surface area (Å²) in [5.74, 6) is -1.02. The molecular formula is C19H19N3O4. The number of pyridine rings is 1. The molecule has 3 heterocycles. The molecule has 7 nitrogen and oxygen atoms in total. The lowest BCUT2D eigenvalue weighted by molar-refractivity contribution is -0.174. The van der Waals surface area contributed by atoms with Crippen LogP contribution in [0, 0.1) is 5.41 Å². The normalized spacial score (nSPS) is 17.3. The van der Waals surface area contributed by atoms with Crippen molar-refractivity contribution < 1.29 is 19.4 Å². The van der Waals surface area contributed by atoms with Gasteiger partial charge in [0.1, 0.15) is 0 Å². The van der Waals surface area contributed by atoms with Crippen molar-refractivity contribution in [2.45, 2.75) is 6.54 Å². The number of likely N-dealkylation sites (tertiary alicyclic amines) is 1. The summed E-state index contributed by atoms with van der Waals surface area (Å²) in [5.41, 5.74) is 1.70. The van der Waals surface area contributed by atoms with Crippen molar-refractivity contribution in [1.82, 2.24) is 9.88 Å². The number of amides is 2. The van der Waals surface area contributed by atoms with E-state index in [1.165, 1.54) is 12.3 Å². The van der Waals surface area contributed by atoms with Crippen LogP contribution in [0.5, 0.6) is 0 Å². The quantitative estimate of drug-likeness (QED) is 0.911. The van der Waals surface area contributed by atoms with Crippen LogP contribution < -0.4 is 4.90 Å². The minimum atomic E-state index is -1.02. The van der Waals surface area contributed by atoms with E-state index in [2.05, 4.69) is 4.98 Å². The number of aromatic nitrogens is 1. The lowest BCUT2D eigenvalue weighted by Gasteiger charge is -2.55. The zero-order valence-electron chi connectivity index (χ0n) is 14.2. The summed E-state index contributed by atoms with van der Waals surface area (Å²) in [4.78, 5) is 31.7. The molecule has 1 aromatic carbocycles. The maximum Gasteiger partial charge on any atom is 0.337 e. The number of urea groups is 1. The van der Waals surface area contributed by atoms with Crippen molar-refractivity contribution >= 4 is 17.7 Å². The smallest absolute Gasteiger partial charge is 0.337 e. The third-order valence-electron chi connectivity index (χ3n) is 4.83. The van der Waals surface area contributed by atoms with E-state index in [0.717, 1.165) is 18.9 Å². The number of ether oxygens (including phenoxy) is 1. The Morgan fingerprint density at radius 2 is 1.88 bits per heavy atom. The van der Waals surface area contributed by atoms with Crippen LogP contribution in [-0.2, 0) is 11.3 Å². The first-order valence-electron chi connectivity index (χ1n) is 8.44. The van der Waals surface area contributed by atoms with E-state index in [9.17, 15) is 9.59 Å². The first-order chi connectivity index (χ1) is 12.6. The Balaban J connectivity index is 1.53. The lowest BCUT2D eigenvalue weighted by Crippen LogP contribution is -2.68. The van der Waals surface area contributed by atoms with Gasteiger partial charge in [-0.2, -0.15) is 0 Å². The Morgan fingerprint density at radius 1 is 1.15 bits per heavy atom. The van der Waals surface area contributed by atoms with Crippen molar-refractivity contribution in [3.8, 4) is 0 Å². The van der Waals surface area contributed by atoms with Crippen LogP contribution >= 0.6 is 0 Å². The molecule has 0 radical (unpaired) electrons. The van der Waals surface area contributed by atoms with Gasteiger partial charge in [0, 0.05) is 25.0 Å². The first kappa shape index (κ1) is 16.5. The van der Waals surface area contributed by atoms with Crippen molar-refractivity contribution in [1.29, 1.82) is 0 Å². The molecule has 0 bridgehead atoms. The van der Waals surface area contributed by atoms with Crippen molar-refractivity contribution in [3.63, 3.8) is 0 Å². The van der Waals surface area contributed by atoms with Gasteiger partial charge in [-0.3, -0.25) is 9.88 Å².